The van der Waals surface area contributed by atoms with Crippen molar-refractivity contribution in [1.29, 1.82) is 0 Å². The minimum Gasteiger partial charge on any atom is -0.369 e. The number of benzene rings is 1. The van der Waals surface area contributed by atoms with E-state index in [1.165, 1.54) is 0 Å². The van der Waals surface area contributed by atoms with Crippen molar-refractivity contribution in [2.75, 3.05) is 0 Å². The lowest BCUT2D eigenvalue weighted by atomic mass is 10.1. The van der Waals surface area contributed by atoms with Crippen molar-refractivity contribution in [3.63, 3.8) is 0 Å². The Labute approximate surface area is 115 Å². The first-order chi connectivity index (χ1) is 9.93. The molecule has 0 saturated carbocycles. The third kappa shape index (κ3) is 1.71. The predicted molar refractivity (Wildman–Crippen MR) is 73.1 cm³/mol. The van der Waals surface area contributed by atoms with Crippen LogP contribution in [0, 0.1) is 0 Å². The average molecular weight is 264 g/mol. The summed E-state index contributed by atoms with van der Waals surface area (Å²) >= 11 is 0. The van der Waals surface area contributed by atoms with E-state index < -0.39 is 0 Å². The minimum absolute atomic E-state index is 0.465. The first-order valence-corrected chi connectivity index (χ1v) is 6.44. The normalized spacial score (nSPS) is 13.4. The second-order valence-corrected chi connectivity index (χ2v) is 4.63. The second-order valence-electron chi connectivity index (χ2n) is 4.63. The molecule has 0 N–H and O–H groups in total. The monoisotopic (exact) mass is 264 g/mol. The molecule has 3 heterocycles. The molecular weight excluding hydrogens is 252 g/mol. The zero-order valence-electron chi connectivity index (χ0n) is 10.7. The molecule has 0 saturated heterocycles. The Bertz CT molecular complexity index is 752. The van der Waals surface area contributed by atoms with Gasteiger partial charge in [0.05, 0.1) is 12.3 Å². The first kappa shape index (κ1) is 11.3. The van der Waals surface area contributed by atoms with Gasteiger partial charge in [0.2, 0.25) is 0 Å². The van der Waals surface area contributed by atoms with Crippen LogP contribution in [-0.2, 0) is 18.0 Å². The summed E-state index contributed by atoms with van der Waals surface area (Å²) in [5.41, 5.74) is 3.22. The molecule has 1 aliphatic heterocycles. The van der Waals surface area contributed by atoms with Gasteiger partial charge in [0.25, 0.3) is 0 Å². The van der Waals surface area contributed by atoms with Gasteiger partial charge in [-0.1, -0.05) is 18.2 Å². The molecule has 0 atom stereocenters. The maximum atomic E-state index is 5.66. The molecule has 3 aromatic rings. The van der Waals surface area contributed by atoms with Crippen molar-refractivity contribution in [3.8, 4) is 17.1 Å². The van der Waals surface area contributed by atoms with Crippen molar-refractivity contribution in [2.45, 2.75) is 13.2 Å². The number of hydrogen-bond acceptors (Lipinski definition) is 4. The van der Waals surface area contributed by atoms with Gasteiger partial charge in [-0.2, -0.15) is 0 Å². The molecule has 0 fully saturated rings. The molecule has 0 unspecified atom stereocenters. The topological polar surface area (TPSA) is 52.8 Å². The van der Waals surface area contributed by atoms with Gasteiger partial charge in [0.1, 0.15) is 6.61 Å². The standard InChI is InChI=1S/C15H12N4O/c1-2-4-13-12(3-1)9-20-10-14-17-18-15(19(13)14)11-5-7-16-8-6-11/h1-8H,9-10H2. The second kappa shape index (κ2) is 4.54. The number of fused-ring (bicyclic) bond motifs is 3. The molecule has 1 aliphatic rings. The summed E-state index contributed by atoms with van der Waals surface area (Å²) in [7, 11) is 0. The molecule has 1 aromatic carbocycles. The number of nitrogens with zero attached hydrogens (tertiary/aromatic N) is 4. The van der Waals surface area contributed by atoms with Crippen LogP contribution in [0.25, 0.3) is 17.1 Å². The van der Waals surface area contributed by atoms with E-state index in [0.717, 1.165) is 28.5 Å². The van der Waals surface area contributed by atoms with Gasteiger partial charge < -0.3 is 4.74 Å². The summed E-state index contributed by atoms with van der Waals surface area (Å²) in [6, 6.07) is 12.0. The van der Waals surface area contributed by atoms with Gasteiger partial charge in [-0.15, -0.1) is 10.2 Å². The third-order valence-electron chi connectivity index (χ3n) is 3.39. The fourth-order valence-corrected chi connectivity index (χ4v) is 2.45. The van der Waals surface area contributed by atoms with Crippen molar-refractivity contribution in [1.82, 2.24) is 19.7 Å². The molecule has 0 bridgehead atoms. The van der Waals surface area contributed by atoms with E-state index in [1.807, 2.05) is 24.3 Å². The molecule has 5 heteroatoms. The maximum absolute atomic E-state index is 5.66. The Morgan fingerprint density at radius 1 is 0.950 bits per heavy atom. The van der Waals surface area contributed by atoms with Gasteiger partial charge in [-0.05, 0) is 18.2 Å². The van der Waals surface area contributed by atoms with E-state index in [4.69, 9.17) is 4.74 Å². The molecule has 0 amide bonds. The molecule has 0 aliphatic carbocycles. The van der Waals surface area contributed by atoms with Crippen LogP contribution in [0.3, 0.4) is 0 Å². The number of aromatic nitrogens is 4. The van der Waals surface area contributed by atoms with Crippen molar-refractivity contribution in [3.05, 3.63) is 60.2 Å². The van der Waals surface area contributed by atoms with Crippen molar-refractivity contribution in [2.24, 2.45) is 0 Å². The lowest BCUT2D eigenvalue weighted by molar-refractivity contribution is 0.105. The molecule has 5 nitrogen and oxygen atoms in total. The molecule has 2 aromatic heterocycles. The highest BCUT2D eigenvalue weighted by atomic mass is 16.5. The number of ether oxygens (including phenoxy) is 1. The minimum atomic E-state index is 0.465. The van der Waals surface area contributed by atoms with Crippen molar-refractivity contribution >= 4 is 0 Å². The Morgan fingerprint density at radius 2 is 1.80 bits per heavy atom. The Kier molecular flexibility index (Phi) is 2.57. The summed E-state index contributed by atoms with van der Waals surface area (Å²) in [5, 5.41) is 8.57. The molecule has 4 rings (SSSR count). The van der Waals surface area contributed by atoms with Crippen LogP contribution in [0.4, 0.5) is 0 Å². The summed E-state index contributed by atoms with van der Waals surface area (Å²) < 4.78 is 7.73. The van der Waals surface area contributed by atoms with Crippen LogP contribution in [0.1, 0.15) is 11.4 Å². The zero-order valence-corrected chi connectivity index (χ0v) is 10.7. The van der Waals surface area contributed by atoms with Gasteiger partial charge in [-0.25, -0.2) is 0 Å². The third-order valence-corrected chi connectivity index (χ3v) is 3.39. The first-order valence-electron chi connectivity index (χ1n) is 6.44. The van der Waals surface area contributed by atoms with E-state index in [1.54, 1.807) is 12.4 Å². The van der Waals surface area contributed by atoms with E-state index >= 15 is 0 Å². The van der Waals surface area contributed by atoms with Crippen LogP contribution >= 0.6 is 0 Å². The summed E-state index contributed by atoms with van der Waals surface area (Å²) in [5.74, 6) is 1.64. The highest BCUT2D eigenvalue weighted by molar-refractivity contribution is 5.59. The van der Waals surface area contributed by atoms with E-state index in [2.05, 4.69) is 31.9 Å². The van der Waals surface area contributed by atoms with Gasteiger partial charge in [-0.3, -0.25) is 9.55 Å². The Hall–Kier alpha value is -2.53. The van der Waals surface area contributed by atoms with Crippen LogP contribution in [0.5, 0.6) is 0 Å². The van der Waals surface area contributed by atoms with Crippen LogP contribution in [0.2, 0.25) is 0 Å². The van der Waals surface area contributed by atoms with Crippen LogP contribution in [-0.4, -0.2) is 19.7 Å². The summed E-state index contributed by atoms with van der Waals surface area (Å²) in [4.78, 5) is 4.05. The molecular formula is C15H12N4O. The van der Waals surface area contributed by atoms with E-state index in [-0.39, 0.29) is 0 Å². The fourth-order valence-electron chi connectivity index (χ4n) is 2.45. The van der Waals surface area contributed by atoms with Crippen molar-refractivity contribution < 1.29 is 4.74 Å². The predicted octanol–water partition coefficient (Wildman–Crippen LogP) is 2.36. The van der Waals surface area contributed by atoms with E-state index in [0.29, 0.717) is 13.2 Å². The molecule has 20 heavy (non-hydrogen) atoms. The summed E-state index contributed by atoms with van der Waals surface area (Å²) in [6.45, 7) is 1.06. The summed E-state index contributed by atoms with van der Waals surface area (Å²) in [6.07, 6.45) is 3.52. The van der Waals surface area contributed by atoms with E-state index in [9.17, 15) is 0 Å². The number of rotatable bonds is 1. The molecule has 0 spiro atoms. The largest absolute Gasteiger partial charge is 0.369 e. The van der Waals surface area contributed by atoms with Gasteiger partial charge in [0.15, 0.2) is 11.6 Å². The highest BCUT2D eigenvalue weighted by Gasteiger charge is 2.20. The highest BCUT2D eigenvalue weighted by Crippen LogP contribution is 2.27. The quantitative estimate of drug-likeness (QED) is 0.677. The van der Waals surface area contributed by atoms with Gasteiger partial charge in [0, 0.05) is 23.5 Å². The van der Waals surface area contributed by atoms with Crippen LogP contribution < -0.4 is 0 Å². The Morgan fingerprint density at radius 3 is 2.70 bits per heavy atom. The zero-order chi connectivity index (χ0) is 13.4. The average Bonchev–Trinajstić information content (AvgIpc) is 2.84. The number of hydrogen-bond donors (Lipinski definition) is 0. The lowest BCUT2D eigenvalue weighted by Crippen LogP contribution is -2.02. The van der Waals surface area contributed by atoms with Crippen LogP contribution in [0.15, 0.2) is 48.8 Å². The van der Waals surface area contributed by atoms with Gasteiger partial charge >= 0.3 is 0 Å². The maximum Gasteiger partial charge on any atom is 0.168 e. The SMILES string of the molecule is c1ccc2c(c1)COCc1nnc(-c3ccncc3)n1-2. The fraction of sp³-hybridized carbons (Fsp3) is 0.133. The molecule has 0 radical (unpaired) electrons. The lowest BCUT2D eigenvalue weighted by Gasteiger charge is -2.10. The smallest absolute Gasteiger partial charge is 0.168 e. The molecule has 98 valence electrons. The Balaban J connectivity index is 1.98. The number of pyridine rings is 1. The number of para-hydroxylation sites is 1.